The fraction of sp³-hybridized carbons (Fsp3) is 0. The molecule has 0 fully saturated rings. The third-order valence-electron chi connectivity index (χ3n) is 6.31. The first-order chi connectivity index (χ1) is 16.3. The first kappa shape index (κ1) is 19.0. The van der Waals surface area contributed by atoms with Gasteiger partial charge in [0.25, 0.3) is 0 Å². The van der Waals surface area contributed by atoms with Crippen LogP contribution in [0.2, 0.25) is 0 Å². The van der Waals surface area contributed by atoms with E-state index in [0.717, 1.165) is 27.7 Å². The Hall–Kier alpha value is -4.68. The minimum absolute atomic E-state index is 0.551. The molecule has 0 atom stereocenters. The van der Waals surface area contributed by atoms with Crippen molar-refractivity contribution in [3.8, 4) is 22.9 Å². The molecule has 0 aliphatic heterocycles. The highest BCUT2D eigenvalue weighted by atomic mass is 15.0. The fourth-order valence-corrected chi connectivity index (χ4v) is 4.79. The first-order valence-electron chi connectivity index (χ1n) is 10.8. The maximum absolute atomic E-state index is 9.91. The second-order valence-corrected chi connectivity index (χ2v) is 8.15. The third kappa shape index (κ3) is 2.93. The number of nitrogens with zero attached hydrogens (tertiary/aromatic N) is 2. The SMILES string of the molecule is N#Cc1cc(C=N)ccc1-n1c2ccc(-c3ccccc3)cc2c2c3ccccc3ccc21. The van der Waals surface area contributed by atoms with Crippen LogP contribution < -0.4 is 0 Å². The molecule has 6 aromatic rings. The minimum atomic E-state index is 0.551. The Kier molecular flexibility index (Phi) is 4.31. The van der Waals surface area contributed by atoms with E-state index in [1.54, 1.807) is 6.07 Å². The average Bonchev–Trinajstić information content (AvgIpc) is 3.22. The standard InChI is InChI=1S/C30H19N3/c31-18-20-10-13-27(24(16-20)19-32)33-28-14-12-23(21-6-2-1-3-7-21)17-26(28)30-25-9-5-4-8-22(25)11-15-29(30)33/h1-18,31H. The van der Waals surface area contributed by atoms with Gasteiger partial charge in [-0.05, 0) is 57.8 Å². The molecule has 154 valence electrons. The molecular weight excluding hydrogens is 402 g/mol. The summed E-state index contributed by atoms with van der Waals surface area (Å²) in [6.07, 6.45) is 1.27. The molecule has 0 saturated carbocycles. The van der Waals surface area contributed by atoms with Gasteiger partial charge in [0.1, 0.15) is 6.07 Å². The third-order valence-corrected chi connectivity index (χ3v) is 6.31. The van der Waals surface area contributed by atoms with E-state index in [4.69, 9.17) is 5.41 Å². The number of rotatable bonds is 3. The van der Waals surface area contributed by atoms with Crippen LogP contribution in [0, 0.1) is 16.7 Å². The molecule has 0 aliphatic rings. The smallest absolute Gasteiger partial charge is 0.101 e. The zero-order valence-corrected chi connectivity index (χ0v) is 17.8. The molecule has 3 heteroatoms. The molecule has 0 radical (unpaired) electrons. The van der Waals surface area contributed by atoms with E-state index in [1.807, 2.05) is 18.2 Å². The van der Waals surface area contributed by atoms with Crippen molar-refractivity contribution < 1.29 is 0 Å². The van der Waals surface area contributed by atoms with Crippen LogP contribution in [0.4, 0.5) is 0 Å². The number of fused-ring (bicyclic) bond motifs is 5. The van der Waals surface area contributed by atoms with Crippen LogP contribution in [-0.4, -0.2) is 10.8 Å². The summed E-state index contributed by atoms with van der Waals surface area (Å²) >= 11 is 0. The van der Waals surface area contributed by atoms with Crippen LogP contribution in [0.5, 0.6) is 0 Å². The lowest BCUT2D eigenvalue weighted by atomic mass is 10.0. The minimum Gasteiger partial charge on any atom is -0.308 e. The Morgan fingerprint density at radius 3 is 2.30 bits per heavy atom. The number of nitrogens with one attached hydrogen (secondary N) is 1. The maximum Gasteiger partial charge on any atom is 0.101 e. The zero-order chi connectivity index (χ0) is 22.4. The molecule has 3 nitrogen and oxygen atoms in total. The van der Waals surface area contributed by atoms with Crippen molar-refractivity contribution in [1.82, 2.24) is 4.57 Å². The first-order valence-corrected chi connectivity index (χ1v) is 10.8. The summed E-state index contributed by atoms with van der Waals surface area (Å²) in [5.74, 6) is 0. The average molecular weight is 422 g/mol. The van der Waals surface area contributed by atoms with E-state index >= 15 is 0 Å². The molecule has 0 amide bonds. The van der Waals surface area contributed by atoms with Crippen LogP contribution >= 0.6 is 0 Å². The molecule has 0 bridgehead atoms. The van der Waals surface area contributed by atoms with Gasteiger partial charge in [0.05, 0.1) is 22.3 Å². The van der Waals surface area contributed by atoms with Gasteiger partial charge >= 0.3 is 0 Å². The topological polar surface area (TPSA) is 52.6 Å². The Morgan fingerprint density at radius 2 is 1.48 bits per heavy atom. The normalized spacial score (nSPS) is 11.1. The van der Waals surface area contributed by atoms with E-state index in [1.165, 1.54) is 27.9 Å². The summed E-state index contributed by atoms with van der Waals surface area (Å²) in [4.78, 5) is 0. The highest BCUT2D eigenvalue weighted by molar-refractivity contribution is 6.22. The second-order valence-electron chi connectivity index (χ2n) is 8.15. The molecule has 0 spiro atoms. The molecular formula is C30H19N3. The van der Waals surface area contributed by atoms with Crippen molar-refractivity contribution in [1.29, 1.82) is 10.7 Å². The predicted octanol–water partition coefficient (Wildman–Crippen LogP) is 7.47. The molecule has 33 heavy (non-hydrogen) atoms. The second kappa shape index (κ2) is 7.47. The number of nitriles is 1. The van der Waals surface area contributed by atoms with Gasteiger partial charge < -0.3 is 9.98 Å². The van der Waals surface area contributed by atoms with Gasteiger partial charge in [-0.1, -0.05) is 72.8 Å². The largest absolute Gasteiger partial charge is 0.308 e. The van der Waals surface area contributed by atoms with E-state index < -0.39 is 0 Å². The molecule has 0 saturated heterocycles. The predicted molar refractivity (Wildman–Crippen MR) is 136 cm³/mol. The molecule has 0 aliphatic carbocycles. The summed E-state index contributed by atoms with van der Waals surface area (Å²) in [6.45, 7) is 0. The maximum atomic E-state index is 9.91. The quantitative estimate of drug-likeness (QED) is 0.296. The van der Waals surface area contributed by atoms with Crippen LogP contribution in [0.15, 0.2) is 103 Å². The number of benzene rings is 5. The van der Waals surface area contributed by atoms with Crippen molar-refractivity contribution >= 4 is 38.8 Å². The Balaban J connectivity index is 1.78. The van der Waals surface area contributed by atoms with Crippen LogP contribution in [0.1, 0.15) is 11.1 Å². The monoisotopic (exact) mass is 421 g/mol. The number of hydrogen-bond donors (Lipinski definition) is 1. The highest BCUT2D eigenvalue weighted by Crippen LogP contribution is 2.39. The molecule has 1 heterocycles. The number of hydrogen-bond acceptors (Lipinski definition) is 2. The lowest BCUT2D eigenvalue weighted by Gasteiger charge is -2.11. The van der Waals surface area contributed by atoms with Gasteiger partial charge in [-0.25, -0.2) is 0 Å². The van der Waals surface area contributed by atoms with E-state index in [2.05, 4.69) is 89.5 Å². The summed E-state index contributed by atoms with van der Waals surface area (Å²) in [5.41, 5.74) is 6.55. The van der Waals surface area contributed by atoms with E-state index in [0.29, 0.717) is 11.1 Å². The Bertz CT molecular complexity index is 1730. The van der Waals surface area contributed by atoms with Crippen LogP contribution in [-0.2, 0) is 0 Å². The number of aromatic nitrogens is 1. The zero-order valence-electron chi connectivity index (χ0n) is 17.8. The van der Waals surface area contributed by atoms with E-state index in [9.17, 15) is 5.26 Å². The van der Waals surface area contributed by atoms with Gasteiger partial charge in [0, 0.05) is 17.0 Å². The molecule has 0 unspecified atom stereocenters. The Labute approximate surface area is 191 Å². The van der Waals surface area contributed by atoms with Crippen molar-refractivity contribution in [3.05, 3.63) is 114 Å². The highest BCUT2D eigenvalue weighted by Gasteiger charge is 2.17. The molecule has 1 N–H and O–H groups in total. The summed E-state index contributed by atoms with van der Waals surface area (Å²) in [6, 6.07) is 37.6. The van der Waals surface area contributed by atoms with Crippen LogP contribution in [0.25, 0.3) is 49.4 Å². The van der Waals surface area contributed by atoms with Crippen molar-refractivity contribution in [2.75, 3.05) is 0 Å². The van der Waals surface area contributed by atoms with Crippen molar-refractivity contribution in [2.45, 2.75) is 0 Å². The van der Waals surface area contributed by atoms with Gasteiger partial charge in [0.15, 0.2) is 0 Å². The molecule has 6 rings (SSSR count). The summed E-state index contributed by atoms with van der Waals surface area (Å²) in [5, 5.41) is 22.2. The summed E-state index contributed by atoms with van der Waals surface area (Å²) in [7, 11) is 0. The van der Waals surface area contributed by atoms with E-state index in [-0.39, 0.29) is 0 Å². The Morgan fingerprint density at radius 1 is 0.697 bits per heavy atom. The van der Waals surface area contributed by atoms with Crippen LogP contribution in [0.3, 0.4) is 0 Å². The van der Waals surface area contributed by atoms with Gasteiger partial charge in [-0.15, -0.1) is 0 Å². The molecule has 5 aromatic carbocycles. The lowest BCUT2D eigenvalue weighted by molar-refractivity contribution is 1.17. The fourth-order valence-electron chi connectivity index (χ4n) is 4.79. The van der Waals surface area contributed by atoms with Crippen molar-refractivity contribution in [3.63, 3.8) is 0 Å². The van der Waals surface area contributed by atoms with Gasteiger partial charge in [-0.2, -0.15) is 5.26 Å². The lowest BCUT2D eigenvalue weighted by Crippen LogP contribution is -1.98. The van der Waals surface area contributed by atoms with Gasteiger partial charge in [0.2, 0.25) is 0 Å². The van der Waals surface area contributed by atoms with Gasteiger partial charge in [-0.3, -0.25) is 0 Å². The summed E-state index contributed by atoms with van der Waals surface area (Å²) < 4.78 is 2.18. The molecule has 1 aromatic heterocycles. The van der Waals surface area contributed by atoms with Crippen molar-refractivity contribution in [2.24, 2.45) is 0 Å².